The number of para-hydroxylation sites is 4. The maximum atomic E-state index is 13.8. The number of fused-ring (bicyclic) bond motifs is 5. The summed E-state index contributed by atoms with van der Waals surface area (Å²) in [5.41, 5.74) is 12.6. The van der Waals surface area contributed by atoms with Crippen molar-refractivity contribution in [1.29, 1.82) is 0 Å². The lowest BCUT2D eigenvalue weighted by atomic mass is 9.89. The zero-order valence-electron chi connectivity index (χ0n) is 89.3. The molecule has 0 saturated carbocycles. The van der Waals surface area contributed by atoms with E-state index < -0.39 is 0 Å². The van der Waals surface area contributed by atoms with Crippen molar-refractivity contribution in [3.8, 4) is 0 Å². The Kier molecular flexibility index (Phi) is 41.0. The molecular formula is C119H157FN20O5S4. The van der Waals surface area contributed by atoms with E-state index in [1.807, 2.05) is 18.1 Å². The number of hydrogen-bond acceptors (Lipinski definition) is 22. The molecule has 6 N–H and O–H groups in total. The first-order valence-corrected chi connectivity index (χ1v) is 58.5. The minimum atomic E-state index is -0.226. The van der Waals surface area contributed by atoms with E-state index in [4.69, 9.17) is 0 Å². The van der Waals surface area contributed by atoms with Gasteiger partial charge >= 0.3 is 0 Å². The van der Waals surface area contributed by atoms with Gasteiger partial charge in [-0.1, -0.05) is 217 Å². The number of aromatic amines is 6. The number of amides is 1. The number of halogens is 1. The van der Waals surface area contributed by atoms with Crippen LogP contribution in [0.25, 0.3) is 54.5 Å². The molecule has 0 radical (unpaired) electrons. The molecule has 1 amide bonds. The van der Waals surface area contributed by atoms with Gasteiger partial charge in [-0.2, -0.15) is 0 Å². The number of carbonyl (C=O) groups is 5. The van der Waals surface area contributed by atoms with Crippen molar-refractivity contribution in [1.82, 2.24) is 74.4 Å². The number of thiazole rings is 4. The van der Waals surface area contributed by atoms with Crippen LogP contribution in [0.15, 0.2) is 177 Å². The van der Waals surface area contributed by atoms with Gasteiger partial charge in [0.15, 0.2) is 43.7 Å². The number of likely N-dealkylation sites (N-methyl/N-ethyl adjacent to an activating group) is 4. The Labute approximate surface area is 895 Å². The Morgan fingerprint density at radius 2 is 0.638 bits per heavy atom. The molecule has 30 heteroatoms. The van der Waals surface area contributed by atoms with E-state index in [0.29, 0.717) is 49.1 Å². The molecular weight excluding hydrogens is 1940 g/mol. The number of piperidine rings is 1. The molecule has 5 aliphatic rings. The Hall–Kier alpha value is -11.5. The number of benzene rings is 5. The lowest BCUT2D eigenvalue weighted by Gasteiger charge is -2.32. The summed E-state index contributed by atoms with van der Waals surface area (Å²) in [7, 11) is 8.37. The van der Waals surface area contributed by atoms with E-state index in [-0.39, 0.29) is 46.8 Å². The van der Waals surface area contributed by atoms with Crippen LogP contribution in [0.4, 0.5) is 30.9 Å². The van der Waals surface area contributed by atoms with Gasteiger partial charge in [0.05, 0.1) is 45.6 Å². The van der Waals surface area contributed by atoms with Crippen LogP contribution in [0.5, 0.6) is 0 Å². The number of imidazole rings is 1. The predicted octanol–water partition coefficient (Wildman–Crippen LogP) is 25.7. The first kappa shape index (κ1) is 110. The maximum absolute atomic E-state index is 13.8. The monoisotopic (exact) mass is 2090 g/mol. The van der Waals surface area contributed by atoms with Gasteiger partial charge in [0, 0.05) is 229 Å². The molecule has 5 atom stereocenters. The Balaban J connectivity index is 0.000000133. The van der Waals surface area contributed by atoms with Crippen molar-refractivity contribution >= 4 is 155 Å². The first-order chi connectivity index (χ1) is 72.7. The number of piperazine rings is 3. The van der Waals surface area contributed by atoms with Crippen molar-refractivity contribution < 1.29 is 28.4 Å². The molecule has 10 aromatic heterocycles. The normalized spacial score (nSPS) is 15.9. The molecule has 0 spiro atoms. The van der Waals surface area contributed by atoms with Gasteiger partial charge in [-0.15, -0.1) is 0 Å². The van der Waals surface area contributed by atoms with Crippen LogP contribution in [0.1, 0.15) is 266 Å². The predicted molar refractivity (Wildman–Crippen MR) is 617 cm³/mol. The fraction of sp³-hybridized carbons (Fsp3) is 0.496. The van der Waals surface area contributed by atoms with Gasteiger partial charge in [-0.3, -0.25) is 24.0 Å². The van der Waals surface area contributed by atoms with E-state index >= 15 is 0 Å². The van der Waals surface area contributed by atoms with Crippen LogP contribution in [0.2, 0.25) is 0 Å². The molecule has 149 heavy (non-hydrogen) atoms. The number of unbranched alkanes of at least 4 members (excludes halogenated alkanes) is 5. The Morgan fingerprint density at radius 1 is 0.336 bits per heavy atom. The van der Waals surface area contributed by atoms with Crippen LogP contribution in [-0.4, -0.2) is 242 Å². The van der Waals surface area contributed by atoms with E-state index in [2.05, 4.69) is 272 Å². The van der Waals surface area contributed by atoms with E-state index in [1.54, 1.807) is 65.8 Å². The summed E-state index contributed by atoms with van der Waals surface area (Å²) in [6.45, 7) is 27.2. The summed E-state index contributed by atoms with van der Waals surface area (Å²) in [5.74, 6) is 2.87. The molecule has 5 aliphatic heterocycles. The summed E-state index contributed by atoms with van der Waals surface area (Å²) in [4.78, 5) is 132. The number of nitrogens with one attached hydrogen (secondary N) is 6. The summed E-state index contributed by atoms with van der Waals surface area (Å²) < 4.78 is 13.8. The average Bonchev–Trinajstić information content (AvgIpc) is 1.72. The third-order valence-electron chi connectivity index (χ3n) is 30.7. The third kappa shape index (κ3) is 30.5. The number of carbonyl (C=O) groups excluding carboxylic acids is 5. The highest BCUT2D eigenvalue weighted by molar-refractivity contribution is 7.18. The van der Waals surface area contributed by atoms with Gasteiger partial charge < -0.3 is 74.0 Å². The molecule has 0 aliphatic carbocycles. The molecule has 794 valence electrons. The van der Waals surface area contributed by atoms with Crippen LogP contribution in [0, 0.1) is 29.5 Å². The second-order valence-electron chi connectivity index (χ2n) is 42.0. The molecule has 20 rings (SSSR count). The molecule has 15 aromatic rings. The zero-order valence-corrected chi connectivity index (χ0v) is 92.5. The van der Waals surface area contributed by atoms with Gasteiger partial charge in [-0.25, -0.2) is 29.3 Å². The highest BCUT2D eigenvalue weighted by Gasteiger charge is 2.32. The molecule has 5 saturated heterocycles. The van der Waals surface area contributed by atoms with Crippen LogP contribution in [0.3, 0.4) is 0 Å². The van der Waals surface area contributed by atoms with Crippen LogP contribution in [-0.2, 0) is 32.1 Å². The van der Waals surface area contributed by atoms with Crippen molar-refractivity contribution in [2.24, 2.45) is 23.7 Å². The number of H-pyrrole nitrogens is 6. The molecule has 0 bridgehead atoms. The van der Waals surface area contributed by atoms with E-state index in [9.17, 15) is 28.4 Å². The van der Waals surface area contributed by atoms with Crippen molar-refractivity contribution in [3.05, 3.63) is 236 Å². The number of Topliss-reactive ketones (excluding diaryl/α,β-unsaturated/α-hetero) is 4. The summed E-state index contributed by atoms with van der Waals surface area (Å²) in [6, 6.07) is 38.7. The maximum Gasteiger partial charge on any atom is 0.265 e. The number of rotatable bonds is 44. The molecule has 5 unspecified atom stereocenters. The lowest BCUT2D eigenvalue weighted by molar-refractivity contribution is 0.0725. The standard InChI is InChI=1S/C24H31FN4OS.C24H33N5OS.C24H33N5O.C24H31N3OS.C23H29N3OS/c1-3-4-5-17(12-18-15-26-21-7-6-19(25)14-20(18)21)13-22(30)23-16-27-24(31-23)29-10-8-28(2)9-11-29;1-4-5-8-19(15-18-16-25-21-10-7-6-9-20(18)21)28(3)23(30)22-17-26-24(31-22)29-13-11-27(2)12-14-29;1-3-4-7-18(14-19-16-25-21-9-6-5-8-20(19)21)15-23(30)22-17-26-24(27-22)29-12-10-28(2)11-13-29;1-2-3-9-18(14-19-16-25-21-11-6-5-10-20(19)21)15-22(28)23-17-26-24(29-23)27-12-7-4-8-13-27;1-2-3-8-17(13-18-15-24-20-10-5-4-9-19(18)20)14-21(27)22-16-25-23(28-22)26-11-6-7-12-26/h6-7,14-17,26H,3-5,8-13H2,1-2H3;6-7,9-10,16-17,19,25H,4-5,8,11-15H2,1-3H3;5-6,8-9,16-18,25H,3-4,7,10-15H2,1-2H3,(H,26,27);5-6,10-11,16-18,25H,2-4,7-9,12-15H2,1H3;4-5,9-10,15-17,24H,2-3,6-8,11-14H2,1H3. The Bertz CT molecular complexity index is 6690. The smallest absolute Gasteiger partial charge is 0.265 e. The minimum Gasteiger partial charge on any atom is -0.361 e. The number of nitrogens with zero attached hydrogens (tertiary/aromatic N) is 14. The quantitative estimate of drug-likeness (QED) is 0.0194. The van der Waals surface area contributed by atoms with Crippen molar-refractivity contribution in [2.45, 2.75) is 227 Å². The van der Waals surface area contributed by atoms with Crippen LogP contribution >= 0.6 is 45.3 Å². The summed E-state index contributed by atoms with van der Waals surface area (Å²) in [6.07, 6.45) is 48.9. The van der Waals surface area contributed by atoms with Crippen molar-refractivity contribution in [2.75, 3.05) is 157 Å². The molecule has 25 nitrogen and oxygen atoms in total. The zero-order chi connectivity index (χ0) is 104. The second kappa shape index (κ2) is 55.5. The highest BCUT2D eigenvalue weighted by Crippen LogP contribution is 2.38. The fourth-order valence-electron chi connectivity index (χ4n) is 21.5. The van der Waals surface area contributed by atoms with Crippen molar-refractivity contribution in [3.63, 3.8) is 0 Å². The summed E-state index contributed by atoms with van der Waals surface area (Å²) in [5, 5.41) is 9.96. The molecule has 15 heterocycles. The second-order valence-corrected chi connectivity index (χ2v) is 46.0. The summed E-state index contributed by atoms with van der Waals surface area (Å²) >= 11 is 6.20. The van der Waals surface area contributed by atoms with Gasteiger partial charge in [-0.05, 0) is 211 Å². The van der Waals surface area contributed by atoms with Crippen LogP contribution < -0.4 is 24.5 Å². The topological polar surface area (TPSA) is 274 Å². The largest absolute Gasteiger partial charge is 0.361 e. The number of anilines is 5. The van der Waals surface area contributed by atoms with E-state index in [0.717, 1.165) is 288 Å². The van der Waals surface area contributed by atoms with Gasteiger partial charge in [0.1, 0.15) is 16.4 Å². The molecule has 5 aromatic carbocycles. The van der Waals surface area contributed by atoms with Gasteiger partial charge in [0.25, 0.3) is 5.91 Å². The third-order valence-corrected chi connectivity index (χ3v) is 35.0. The fourth-order valence-corrected chi connectivity index (χ4v) is 25.2. The molecule has 5 fully saturated rings. The minimum absolute atomic E-state index is 0.0822. The van der Waals surface area contributed by atoms with Gasteiger partial charge in [0.2, 0.25) is 5.95 Å². The Morgan fingerprint density at radius 3 is 1.01 bits per heavy atom. The number of aromatic nitrogens is 11. The number of hydrogen-bond donors (Lipinski definition) is 6. The average molecular weight is 2090 g/mol. The van der Waals surface area contributed by atoms with E-state index in [1.165, 1.54) is 134 Å². The SMILES string of the molecule is CCCCC(CC(=O)c1cnc(N2CCCC2)s1)Cc1c[nH]c2ccccc12.CCCCC(CC(=O)c1cnc(N2CCCCC2)s1)Cc1c[nH]c2ccccc12.CCCCC(CC(=O)c1cnc(N2CCN(C)CC2)[nH]1)Cc1c[nH]c2ccccc12.CCCCC(CC(=O)c1cnc(N2CCN(C)CC2)s1)Cc1c[nH]c2ccc(F)cc12.CCCCC(Cc1c[nH]c2ccccc12)N(C)C(=O)c1cnc(N2CCN(C)CC2)s1. The number of ketones is 4. The lowest BCUT2D eigenvalue weighted by Crippen LogP contribution is -2.44. The first-order valence-electron chi connectivity index (χ1n) is 55.3. The highest BCUT2D eigenvalue weighted by atomic mass is 32.1.